The third-order valence-electron chi connectivity index (χ3n) is 4.70. The van der Waals surface area contributed by atoms with Gasteiger partial charge in [0.15, 0.2) is 0 Å². The second-order valence-corrected chi connectivity index (χ2v) is 6.11. The molecule has 0 spiro atoms. The molecule has 3 fully saturated rings. The molecule has 0 amide bonds. The maximum atomic E-state index is 6.32. The molecular formula is C15H27NO. The maximum absolute atomic E-state index is 6.32. The topological polar surface area (TPSA) is 12.5 Å². The van der Waals surface area contributed by atoms with Crippen LogP contribution in [0.3, 0.4) is 0 Å². The van der Waals surface area contributed by atoms with Gasteiger partial charge in [-0.25, -0.2) is 0 Å². The van der Waals surface area contributed by atoms with Crippen LogP contribution in [0.1, 0.15) is 47.0 Å². The zero-order valence-corrected chi connectivity index (χ0v) is 11.9. The van der Waals surface area contributed by atoms with Gasteiger partial charge in [0.2, 0.25) is 0 Å². The molecule has 0 aromatic rings. The van der Waals surface area contributed by atoms with Crippen molar-refractivity contribution >= 4 is 0 Å². The van der Waals surface area contributed by atoms with Crippen molar-refractivity contribution in [2.45, 2.75) is 52.6 Å². The van der Waals surface area contributed by atoms with Crippen molar-refractivity contribution in [2.24, 2.45) is 5.92 Å². The van der Waals surface area contributed by atoms with Crippen molar-refractivity contribution < 1.29 is 4.74 Å². The summed E-state index contributed by atoms with van der Waals surface area (Å²) in [6.45, 7) is 13.5. The largest absolute Gasteiger partial charge is 0.369 e. The van der Waals surface area contributed by atoms with E-state index in [1.165, 1.54) is 37.1 Å². The van der Waals surface area contributed by atoms with Crippen molar-refractivity contribution in [3.05, 3.63) is 11.1 Å². The van der Waals surface area contributed by atoms with Crippen LogP contribution >= 0.6 is 0 Å². The van der Waals surface area contributed by atoms with Gasteiger partial charge in [-0.1, -0.05) is 12.5 Å². The van der Waals surface area contributed by atoms with E-state index in [1.54, 1.807) is 0 Å². The number of hydrogen-bond donors (Lipinski definition) is 0. The van der Waals surface area contributed by atoms with Gasteiger partial charge in [-0.15, -0.1) is 0 Å². The summed E-state index contributed by atoms with van der Waals surface area (Å²) in [5, 5.41) is 0. The second-order valence-electron chi connectivity index (χ2n) is 6.11. The average Bonchev–Trinajstić information content (AvgIpc) is 2.30. The predicted molar refractivity (Wildman–Crippen MR) is 72.2 cm³/mol. The Morgan fingerprint density at radius 2 is 1.94 bits per heavy atom. The predicted octanol–water partition coefficient (Wildman–Crippen LogP) is 3.23. The summed E-state index contributed by atoms with van der Waals surface area (Å²) in [6.07, 6.45) is 3.77. The Labute approximate surface area is 106 Å². The average molecular weight is 237 g/mol. The molecule has 0 unspecified atom stereocenters. The molecule has 3 saturated heterocycles. The fourth-order valence-electron chi connectivity index (χ4n) is 3.29. The quantitative estimate of drug-likeness (QED) is 0.696. The standard InChI is InChI=1S/C15H27NO/c1-5-13(12(2)3)10-17-15(4)11-16-8-6-14(15)7-9-16/h14H,5-11H2,1-4H3/t15-/m0/s1. The van der Waals surface area contributed by atoms with E-state index in [-0.39, 0.29) is 5.60 Å². The molecule has 3 rings (SSSR count). The molecular weight excluding hydrogens is 210 g/mol. The van der Waals surface area contributed by atoms with Gasteiger partial charge in [0.25, 0.3) is 0 Å². The van der Waals surface area contributed by atoms with Crippen LogP contribution in [-0.2, 0) is 4.74 Å². The molecule has 0 radical (unpaired) electrons. The van der Waals surface area contributed by atoms with Gasteiger partial charge in [0.1, 0.15) is 0 Å². The van der Waals surface area contributed by atoms with Gasteiger partial charge in [0.05, 0.1) is 12.2 Å². The lowest BCUT2D eigenvalue weighted by atomic mass is 9.76. The minimum atomic E-state index is 0.104. The fraction of sp³-hybridized carbons (Fsp3) is 0.867. The number of allylic oxidation sites excluding steroid dienone is 1. The molecule has 0 N–H and O–H groups in total. The van der Waals surface area contributed by atoms with E-state index in [1.807, 2.05) is 0 Å². The first-order valence-corrected chi connectivity index (χ1v) is 7.06. The van der Waals surface area contributed by atoms with Crippen molar-refractivity contribution in [1.82, 2.24) is 4.90 Å². The van der Waals surface area contributed by atoms with Gasteiger partial charge < -0.3 is 9.64 Å². The van der Waals surface area contributed by atoms with Crippen molar-refractivity contribution in [3.63, 3.8) is 0 Å². The van der Waals surface area contributed by atoms with Gasteiger partial charge in [-0.05, 0) is 64.6 Å². The molecule has 0 aromatic heterocycles. The Bertz CT molecular complexity index is 298. The summed E-state index contributed by atoms with van der Waals surface area (Å²) in [4.78, 5) is 2.56. The fourth-order valence-corrected chi connectivity index (χ4v) is 3.29. The third kappa shape index (κ3) is 2.74. The Morgan fingerprint density at radius 3 is 2.35 bits per heavy atom. The Balaban J connectivity index is 1.96. The molecule has 3 heterocycles. The number of rotatable bonds is 4. The van der Waals surface area contributed by atoms with Crippen molar-refractivity contribution in [2.75, 3.05) is 26.2 Å². The van der Waals surface area contributed by atoms with E-state index >= 15 is 0 Å². The molecule has 2 bridgehead atoms. The Kier molecular flexibility index (Phi) is 3.94. The van der Waals surface area contributed by atoms with Crippen molar-refractivity contribution in [3.8, 4) is 0 Å². The lowest BCUT2D eigenvalue weighted by Gasteiger charge is -2.51. The zero-order chi connectivity index (χ0) is 12.5. The number of fused-ring (bicyclic) bond motifs is 3. The number of nitrogens with zero attached hydrogens (tertiary/aromatic N) is 1. The summed E-state index contributed by atoms with van der Waals surface area (Å²) in [5.41, 5.74) is 3.01. The normalized spacial score (nSPS) is 36.0. The van der Waals surface area contributed by atoms with Crippen LogP contribution in [0.15, 0.2) is 11.1 Å². The first-order valence-electron chi connectivity index (χ1n) is 7.06. The van der Waals surface area contributed by atoms with E-state index in [0.29, 0.717) is 0 Å². The smallest absolute Gasteiger partial charge is 0.0814 e. The second kappa shape index (κ2) is 5.11. The highest BCUT2D eigenvalue weighted by atomic mass is 16.5. The van der Waals surface area contributed by atoms with E-state index < -0.39 is 0 Å². The van der Waals surface area contributed by atoms with Crippen LogP contribution in [0.2, 0.25) is 0 Å². The van der Waals surface area contributed by atoms with Gasteiger partial charge in [0, 0.05) is 6.54 Å². The molecule has 0 saturated carbocycles. The SMILES string of the molecule is CCC(CO[C@@]1(C)CN2CCC1CC2)=C(C)C. The van der Waals surface area contributed by atoms with Crippen LogP contribution in [-0.4, -0.2) is 36.7 Å². The van der Waals surface area contributed by atoms with Gasteiger partial charge in [-0.2, -0.15) is 0 Å². The molecule has 3 aliphatic rings. The monoisotopic (exact) mass is 237 g/mol. The summed E-state index contributed by atoms with van der Waals surface area (Å²) >= 11 is 0. The van der Waals surface area contributed by atoms with Gasteiger partial charge in [-0.3, -0.25) is 0 Å². The summed E-state index contributed by atoms with van der Waals surface area (Å²) in [5.74, 6) is 0.780. The number of hydrogen-bond acceptors (Lipinski definition) is 2. The van der Waals surface area contributed by atoms with Crippen LogP contribution in [0, 0.1) is 5.92 Å². The molecule has 0 aliphatic carbocycles. The van der Waals surface area contributed by atoms with E-state index in [0.717, 1.165) is 25.5 Å². The first kappa shape index (κ1) is 13.1. The van der Waals surface area contributed by atoms with Crippen LogP contribution in [0.5, 0.6) is 0 Å². The zero-order valence-electron chi connectivity index (χ0n) is 11.9. The Morgan fingerprint density at radius 1 is 1.29 bits per heavy atom. The third-order valence-corrected chi connectivity index (χ3v) is 4.70. The first-order chi connectivity index (χ1) is 8.05. The molecule has 3 aliphatic heterocycles. The van der Waals surface area contributed by atoms with Crippen molar-refractivity contribution in [1.29, 1.82) is 0 Å². The number of ether oxygens (including phenoxy) is 1. The maximum Gasteiger partial charge on any atom is 0.0814 e. The molecule has 98 valence electrons. The highest BCUT2D eigenvalue weighted by Gasteiger charge is 2.44. The van der Waals surface area contributed by atoms with E-state index in [4.69, 9.17) is 4.74 Å². The van der Waals surface area contributed by atoms with Crippen LogP contribution in [0.4, 0.5) is 0 Å². The molecule has 1 atom stereocenters. The van der Waals surface area contributed by atoms with Gasteiger partial charge >= 0.3 is 0 Å². The highest BCUT2D eigenvalue weighted by molar-refractivity contribution is 5.10. The molecule has 2 nitrogen and oxygen atoms in total. The lowest BCUT2D eigenvalue weighted by molar-refractivity contribution is -0.136. The number of piperidine rings is 3. The van der Waals surface area contributed by atoms with Crippen LogP contribution < -0.4 is 0 Å². The molecule has 17 heavy (non-hydrogen) atoms. The minimum Gasteiger partial charge on any atom is -0.369 e. The van der Waals surface area contributed by atoms with E-state index in [9.17, 15) is 0 Å². The highest BCUT2D eigenvalue weighted by Crippen LogP contribution is 2.38. The van der Waals surface area contributed by atoms with Crippen LogP contribution in [0.25, 0.3) is 0 Å². The molecule has 2 heteroatoms. The summed E-state index contributed by atoms with van der Waals surface area (Å²) < 4.78 is 6.32. The Hall–Kier alpha value is -0.340. The minimum absolute atomic E-state index is 0.104. The molecule has 0 aromatic carbocycles. The van der Waals surface area contributed by atoms with E-state index in [2.05, 4.69) is 32.6 Å². The summed E-state index contributed by atoms with van der Waals surface area (Å²) in [7, 11) is 0. The summed E-state index contributed by atoms with van der Waals surface area (Å²) in [6, 6.07) is 0. The lowest BCUT2D eigenvalue weighted by Crippen LogP contribution is -2.58.